The number of nitrogens with one attached hydrogen (secondary N) is 1. The van der Waals surface area contributed by atoms with E-state index in [0.717, 1.165) is 12.2 Å². The molecule has 1 saturated carbocycles. The Morgan fingerprint density at radius 2 is 1.90 bits per heavy atom. The number of hydrogen-bond acceptors (Lipinski definition) is 3. The number of methoxy groups -OCH3 is 1. The van der Waals surface area contributed by atoms with E-state index in [-0.39, 0.29) is 6.10 Å². The summed E-state index contributed by atoms with van der Waals surface area (Å²) in [5, 5.41) is 3.74. The monoisotopic (exact) mass is 291 g/mol. The molecule has 0 heterocycles. The van der Waals surface area contributed by atoms with Crippen molar-refractivity contribution in [1.29, 1.82) is 0 Å². The lowest BCUT2D eigenvalue weighted by Gasteiger charge is -2.33. The molecule has 2 rings (SSSR count). The number of benzene rings is 1. The van der Waals surface area contributed by atoms with Gasteiger partial charge in [-0.25, -0.2) is 0 Å². The third-order valence-electron chi connectivity index (χ3n) is 4.20. The van der Waals surface area contributed by atoms with Crippen molar-refractivity contribution in [3.05, 3.63) is 29.8 Å². The third-order valence-corrected chi connectivity index (χ3v) is 4.20. The Hall–Kier alpha value is -1.06. The summed E-state index contributed by atoms with van der Waals surface area (Å²) >= 11 is 0. The lowest BCUT2D eigenvalue weighted by Crippen LogP contribution is -2.44. The minimum Gasteiger partial charge on any atom is -0.491 e. The van der Waals surface area contributed by atoms with Crippen molar-refractivity contribution in [2.45, 2.75) is 70.7 Å². The average Bonchev–Trinajstić information content (AvgIpc) is 2.47. The molecule has 1 aromatic carbocycles. The maximum absolute atomic E-state index is 5.78. The highest BCUT2D eigenvalue weighted by molar-refractivity contribution is 5.30. The Bertz CT molecular complexity index is 433. The summed E-state index contributed by atoms with van der Waals surface area (Å²) in [6.07, 6.45) is 5.49. The average molecular weight is 291 g/mol. The van der Waals surface area contributed by atoms with Crippen LogP contribution in [0.2, 0.25) is 0 Å². The van der Waals surface area contributed by atoms with E-state index in [1.807, 2.05) is 13.2 Å². The quantitative estimate of drug-likeness (QED) is 0.856. The Kier molecular flexibility index (Phi) is 6.07. The first-order valence-electron chi connectivity index (χ1n) is 8.15. The predicted octanol–water partition coefficient (Wildman–Crippen LogP) is 4.08. The molecule has 0 spiro atoms. The normalized spacial score (nSPS) is 24.0. The van der Waals surface area contributed by atoms with Crippen LogP contribution in [-0.2, 0) is 4.74 Å². The molecule has 3 atom stereocenters. The van der Waals surface area contributed by atoms with Gasteiger partial charge in [-0.05, 0) is 51.3 Å². The highest BCUT2D eigenvalue weighted by atomic mass is 16.5. The second kappa shape index (κ2) is 7.81. The predicted molar refractivity (Wildman–Crippen MR) is 86.8 cm³/mol. The number of rotatable bonds is 6. The Balaban J connectivity index is 2.00. The molecule has 1 aromatic rings. The smallest absolute Gasteiger partial charge is 0.120 e. The van der Waals surface area contributed by atoms with Crippen LogP contribution in [0.3, 0.4) is 0 Å². The maximum atomic E-state index is 5.78. The Morgan fingerprint density at radius 1 is 1.14 bits per heavy atom. The van der Waals surface area contributed by atoms with Crippen LogP contribution in [0.4, 0.5) is 0 Å². The van der Waals surface area contributed by atoms with Crippen LogP contribution in [-0.4, -0.2) is 25.4 Å². The van der Waals surface area contributed by atoms with E-state index in [9.17, 15) is 0 Å². The Labute approximate surface area is 129 Å². The number of ether oxygens (including phenoxy) is 2. The molecule has 0 aromatic heterocycles. The van der Waals surface area contributed by atoms with E-state index >= 15 is 0 Å². The molecule has 0 saturated heterocycles. The van der Waals surface area contributed by atoms with Crippen LogP contribution < -0.4 is 10.1 Å². The van der Waals surface area contributed by atoms with Gasteiger partial charge in [0.05, 0.1) is 12.2 Å². The van der Waals surface area contributed by atoms with Crippen LogP contribution in [0, 0.1) is 0 Å². The first-order valence-corrected chi connectivity index (χ1v) is 8.15. The van der Waals surface area contributed by atoms with Crippen LogP contribution in [0.25, 0.3) is 0 Å². The molecule has 21 heavy (non-hydrogen) atoms. The molecule has 3 nitrogen and oxygen atoms in total. The van der Waals surface area contributed by atoms with Gasteiger partial charge in [-0.15, -0.1) is 0 Å². The fourth-order valence-corrected chi connectivity index (χ4v) is 3.12. The fourth-order valence-electron chi connectivity index (χ4n) is 3.12. The summed E-state index contributed by atoms with van der Waals surface area (Å²) < 4.78 is 11.4. The first-order chi connectivity index (χ1) is 10.1. The first kappa shape index (κ1) is 16.3. The zero-order chi connectivity index (χ0) is 15.2. The summed E-state index contributed by atoms with van der Waals surface area (Å²) in [6.45, 7) is 6.33. The minimum atomic E-state index is 0.208. The maximum Gasteiger partial charge on any atom is 0.120 e. The summed E-state index contributed by atoms with van der Waals surface area (Å²) in [5.41, 5.74) is 1.27. The molecule has 1 aliphatic rings. The van der Waals surface area contributed by atoms with Crippen LogP contribution >= 0.6 is 0 Å². The zero-order valence-electron chi connectivity index (χ0n) is 13.8. The molecule has 118 valence electrons. The summed E-state index contributed by atoms with van der Waals surface area (Å²) in [5.74, 6) is 0.947. The van der Waals surface area contributed by atoms with E-state index in [1.54, 1.807) is 0 Å². The van der Waals surface area contributed by atoms with Crippen molar-refractivity contribution in [3.63, 3.8) is 0 Å². The summed E-state index contributed by atoms with van der Waals surface area (Å²) in [6, 6.07) is 9.15. The molecule has 0 amide bonds. The van der Waals surface area contributed by atoms with Crippen molar-refractivity contribution in [3.8, 4) is 5.75 Å². The Morgan fingerprint density at radius 3 is 2.62 bits per heavy atom. The second-order valence-electron chi connectivity index (χ2n) is 6.29. The molecular formula is C18H29NO2. The largest absolute Gasteiger partial charge is 0.491 e. The van der Waals surface area contributed by atoms with Crippen LogP contribution in [0.5, 0.6) is 5.75 Å². The van der Waals surface area contributed by atoms with Crippen LogP contribution in [0.1, 0.15) is 58.1 Å². The van der Waals surface area contributed by atoms with E-state index in [1.165, 1.54) is 24.8 Å². The molecular weight excluding hydrogens is 262 g/mol. The van der Waals surface area contributed by atoms with Crippen molar-refractivity contribution in [2.24, 2.45) is 0 Å². The van der Waals surface area contributed by atoms with Crippen molar-refractivity contribution in [2.75, 3.05) is 7.11 Å². The van der Waals surface area contributed by atoms with Crippen molar-refractivity contribution >= 4 is 0 Å². The van der Waals surface area contributed by atoms with Crippen molar-refractivity contribution < 1.29 is 9.47 Å². The molecule has 0 radical (unpaired) electrons. The lowest BCUT2D eigenvalue weighted by atomic mass is 9.91. The molecule has 3 unspecified atom stereocenters. The van der Waals surface area contributed by atoms with Gasteiger partial charge in [0.25, 0.3) is 0 Å². The summed E-state index contributed by atoms with van der Waals surface area (Å²) in [7, 11) is 1.83. The fraction of sp³-hybridized carbons (Fsp3) is 0.667. The molecule has 3 heteroatoms. The minimum absolute atomic E-state index is 0.208. The molecule has 1 fully saturated rings. The van der Waals surface area contributed by atoms with E-state index in [4.69, 9.17) is 9.47 Å². The highest BCUT2D eigenvalue weighted by Crippen LogP contribution is 2.25. The van der Waals surface area contributed by atoms with Gasteiger partial charge >= 0.3 is 0 Å². The van der Waals surface area contributed by atoms with E-state index in [0.29, 0.717) is 18.2 Å². The van der Waals surface area contributed by atoms with Gasteiger partial charge in [-0.3, -0.25) is 0 Å². The van der Waals surface area contributed by atoms with Gasteiger partial charge in [0, 0.05) is 19.2 Å². The van der Waals surface area contributed by atoms with Gasteiger partial charge in [0.1, 0.15) is 5.75 Å². The number of hydrogen-bond donors (Lipinski definition) is 1. The van der Waals surface area contributed by atoms with Gasteiger partial charge < -0.3 is 14.8 Å². The van der Waals surface area contributed by atoms with Gasteiger partial charge in [-0.2, -0.15) is 0 Å². The van der Waals surface area contributed by atoms with E-state index < -0.39 is 0 Å². The van der Waals surface area contributed by atoms with Crippen LogP contribution in [0.15, 0.2) is 24.3 Å². The molecule has 0 bridgehead atoms. The van der Waals surface area contributed by atoms with E-state index in [2.05, 4.69) is 44.3 Å². The van der Waals surface area contributed by atoms with Gasteiger partial charge in [0.15, 0.2) is 0 Å². The SMILES string of the molecule is COC1CCCCC1NC(C)c1cccc(OC(C)C)c1. The van der Waals surface area contributed by atoms with Gasteiger partial charge in [0.2, 0.25) is 0 Å². The van der Waals surface area contributed by atoms with Gasteiger partial charge in [-0.1, -0.05) is 25.0 Å². The third kappa shape index (κ3) is 4.72. The van der Waals surface area contributed by atoms with Crippen molar-refractivity contribution in [1.82, 2.24) is 5.32 Å². The molecule has 1 N–H and O–H groups in total. The topological polar surface area (TPSA) is 30.5 Å². The molecule has 0 aliphatic heterocycles. The molecule has 1 aliphatic carbocycles. The highest BCUT2D eigenvalue weighted by Gasteiger charge is 2.26. The lowest BCUT2D eigenvalue weighted by molar-refractivity contribution is 0.0384. The zero-order valence-corrected chi connectivity index (χ0v) is 13.8. The second-order valence-corrected chi connectivity index (χ2v) is 6.29. The summed E-state index contributed by atoms with van der Waals surface area (Å²) in [4.78, 5) is 0. The standard InChI is InChI=1S/C18H29NO2/c1-13(2)21-16-9-7-8-15(12-16)14(3)19-17-10-5-6-11-18(17)20-4/h7-9,12-14,17-19H,5-6,10-11H2,1-4H3.